The van der Waals surface area contributed by atoms with E-state index in [1.165, 1.54) is 39.8 Å². The van der Waals surface area contributed by atoms with Crippen molar-refractivity contribution in [2.75, 3.05) is 24.7 Å². The third-order valence-corrected chi connectivity index (χ3v) is 6.73. The molecule has 31 heavy (non-hydrogen) atoms. The fraction of sp³-hybridized carbons (Fsp3) is 0.217. The molecule has 2 aromatic rings. The van der Waals surface area contributed by atoms with E-state index in [1.54, 1.807) is 31.2 Å². The first-order valence-electron chi connectivity index (χ1n) is 9.47. The van der Waals surface area contributed by atoms with Crippen molar-refractivity contribution in [2.45, 2.75) is 6.92 Å². The highest BCUT2D eigenvalue weighted by Crippen LogP contribution is 2.28. The molecule has 3 rings (SSSR count). The Morgan fingerprint density at radius 3 is 2.00 bits per heavy atom. The van der Waals surface area contributed by atoms with Crippen LogP contribution in [0.2, 0.25) is 0 Å². The molecule has 0 heterocycles. The third-order valence-electron chi connectivity index (χ3n) is 4.39. The summed E-state index contributed by atoms with van der Waals surface area (Å²) in [6.07, 6.45) is 0. The molecule has 0 N–H and O–H groups in total. The standard InChI is InChI=1S/C23H20O6S2/c1-14(2)22(26)28-9-11-30-31-12-10-29-23(27)15-7-8-18-19(13-15)21(25)17-6-4-3-5-16(17)20(18)24/h3-8,13H,1,9-12H2,2H3. The molecule has 0 saturated heterocycles. The van der Waals surface area contributed by atoms with Crippen LogP contribution in [0.15, 0.2) is 54.6 Å². The van der Waals surface area contributed by atoms with Gasteiger partial charge in [-0.3, -0.25) is 9.59 Å². The Labute approximate surface area is 187 Å². The second-order valence-corrected chi connectivity index (χ2v) is 9.36. The van der Waals surface area contributed by atoms with E-state index >= 15 is 0 Å². The van der Waals surface area contributed by atoms with Gasteiger partial charge in [0, 0.05) is 39.3 Å². The van der Waals surface area contributed by atoms with Gasteiger partial charge in [0.25, 0.3) is 0 Å². The van der Waals surface area contributed by atoms with Crippen molar-refractivity contribution in [1.29, 1.82) is 0 Å². The van der Waals surface area contributed by atoms with E-state index in [1.807, 2.05) is 0 Å². The zero-order chi connectivity index (χ0) is 22.4. The van der Waals surface area contributed by atoms with Crippen LogP contribution >= 0.6 is 21.6 Å². The Balaban J connectivity index is 1.48. The average Bonchev–Trinajstić information content (AvgIpc) is 2.78. The molecule has 0 amide bonds. The van der Waals surface area contributed by atoms with E-state index in [2.05, 4.69) is 6.58 Å². The van der Waals surface area contributed by atoms with E-state index in [-0.39, 0.29) is 35.9 Å². The SMILES string of the molecule is C=C(C)C(=O)OCCSSCCOC(=O)c1ccc2c(c1)C(=O)c1ccccc1C2=O. The monoisotopic (exact) mass is 456 g/mol. The summed E-state index contributed by atoms with van der Waals surface area (Å²) in [5.74, 6) is -0.302. The van der Waals surface area contributed by atoms with E-state index in [0.29, 0.717) is 33.8 Å². The summed E-state index contributed by atoms with van der Waals surface area (Å²) in [6, 6.07) is 11.1. The lowest BCUT2D eigenvalue weighted by molar-refractivity contribution is -0.138. The molecule has 0 spiro atoms. The number of hydrogen-bond donors (Lipinski definition) is 0. The summed E-state index contributed by atoms with van der Waals surface area (Å²) < 4.78 is 10.2. The summed E-state index contributed by atoms with van der Waals surface area (Å²) in [7, 11) is 3.00. The number of carbonyl (C=O) groups is 4. The maximum atomic E-state index is 12.7. The molecule has 0 aliphatic heterocycles. The third kappa shape index (κ3) is 5.45. The van der Waals surface area contributed by atoms with Gasteiger partial charge in [-0.25, -0.2) is 9.59 Å². The van der Waals surface area contributed by atoms with Gasteiger partial charge in [-0.2, -0.15) is 0 Å². The summed E-state index contributed by atoms with van der Waals surface area (Å²) in [4.78, 5) is 48.9. The lowest BCUT2D eigenvalue weighted by atomic mass is 9.83. The van der Waals surface area contributed by atoms with Gasteiger partial charge in [0.1, 0.15) is 13.2 Å². The normalized spacial score (nSPS) is 12.0. The summed E-state index contributed by atoms with van der Waals surface area (Å²) >= 11 is 0. The van der Waals surface area contributed by atoms with Crippen molar-refractivity contribution in [3.05, 3.63) is 82.4 Å². The molecule has 0 radical (unpaired) electrons. The average molecular weight is 457 g/mol. The van der Waals surface area contributed by atoms with Gasteiger partial charge < -0.3 is 9.47 Å². The van der Waals surface area contributed by atoms with Crippen LogP contribution in [-0.4, -0.2) is 48.2 Å². The molecule has 0 fully saturated rings. The second kappa shape index (κ2) is 10.5. The quantitative estimate of drug-likeness (QED) is 0.206. The number of ether oxygens (including phenoxy) is 2. The van der Waals surface area contributed by atoms with Gasteiger partial charge in [0.2, 0.25) is 0 Å². The number of esters is 2. The summed E-state index contributed by atoms with van der Waals surface area (Å²) in [6.45, 7) is 5.57. The Hall–Kier alpha value is -2.84. The second-order valence-electron chi connectivity index (χ2n) is 6.66. The molecule has 8 heteroatoms. The van der Waals surface area contributed by atoms with Crippen molar-refractivity contribution in [2.24, 2.45) is 0 Å². The predicted octanol–water partition coefficient (Wildman–Crippen LogP) is 4.12. The van der Waals surface area contributed by atoms with Crippen LogP contribution in [0.5, 0.6) is 0 Å². The Kier molecular flexibility index (Phi) is 7.70. The van der Waals surface area contributed by atoms with Crippen molar-refractivity contribution in [3.63, 3.8) is 0 Å². The van der Waals surface area contributed by atoms with Crippen LogP contribution < -0.4 is 0 Å². The van der Waals surface area contributed by atoms with E-state index in [9.17, 15) is 19.2 Å². The van der Waals surface area contributed by atoms with Gasteiger partial charge in [-0.15, -0.1) is 0 Å². The Bertz CT molecular complexity index is 1060. The molecular formula is C23H20O6S2. The molecule has 0 unspecified atom stereocenters. The zero-order valence-corrected chi connectivity index (χ0v) is 18.5. The lowest BCUT2D eigenvalue weighted by Crippen LogP contribution is -2.21. The van der Waals surface area contributed by atoms with E-state index in [4.69, 9.17) is 9.47 Å². The maximum absolute atomic E-state index is 12.7. The minimum absolute atomic E-state index is 0.189. The molecule has 0 saturated carbocycles. The highest BCUT2D eigenvalue weighted by molar-refractivity contribution is 8.76. The van der Waals surface area contributed by atoms with Gasteiger partial charge in [0.05, 0.1) is 5.56 Å². The molecule has 6 nitrogen and oxygen atoms in total. The molecular weight excluding hydrogens is 436 g/mol. The number of carbonyl (C=O) groups excluding carboxylic acids is 4. The molecule has 0 bridgehead atoms. The fourth-order valence-electron chi connectivity index (χ4n) is 2.89. The highest BCUT2D eigenvalue weighted by Gasteiger charge is 2.30. The minimum Gasteiger partial charge on any atom is -0.461 e. The predicted molar refractivity (Wildman–Crippen MR) is 121 cm³/mol. The molecule has 160 valence electrons. The van der Waals surface area contributed by atoms with Crippen LogP contribution in [0, 0.1) is 0 Å². The van der Waals surface area contributed by atoms with Crippen molar-refractivity contribution in [1.82, 2.24) is 0 Å². The van der Waals surface area contributed by atoms with E-state index < -0.39 is 11.9 Å². The molecule has 1 aliphatic rings. The van der Waals surface area contributed by atoms with Crippen molar-refractivity contribution in [3.8, 4) is 0 Å². The molecule has 2 aromatic carbocycles. The van der Waals surface area contributed by atoms with Gasteiger partial charge in [0.15, 0.2) is 11.6 Å². The van der Waals surface area contributed by atoms with Crippen molar-refractivity contribution < 1.29 is 28.7 Å². The van der Waals surface area contributed by atoms with Gasteiger partial charge >= 0.3 is 11.9 Å². The van der Waals surface area contributed by atoms with Crippen LogP contribution in [0.1, 0.15) is 49.1 Å². The molecule has 0 atom stereocenters. The number of hydrogen-bond acceptors (Lipinski definition) is 8. The lowest BCUT2D eigenvalue weighted by Gasteiger charge is -2.17. The first-order valence-corrected chi connectivity index (χ1v) is 12.0. The van der Waals surface area contributed by atoms with Gasteiger partial charge in [-0.1, -0.05) is 52.4 Å². The highest BCUT2D eigenvalue weighted by atomic mass is 33.1. The maximum Gasteiger partial charge on any atom is 0.338 e. The number of benzene rings is 2. The molecule has 1 aliphatic carbocycles. The van der Waals surface area contributed by atoms with Crippen LogP contribution in [0.3, 0.4) is 0 Å². The van der Waals surface area contributed by atoms with Crippen LogP contribution in [0.25, 0.3) is 0 Å². The summed E-state index contributed by atoms with van der Waals surface area (Å²) in [5, 5.41) is 0. The zero-order valence-electron chi connectivity index (χ0n) is 16.8. The first kappa shape index (κ1) is 22.8. The fourth-order valence-corrected chi connectivity index (χ4v) is 4.54. The van der Waals surface area contributed by atoms with E-state index in [0.717, 1.165) is 0 Å². The Morgan fingerprint density at radius 1 is 0.839 bits per heavy atom. The van der Waals surface area contributed by atoms with Crippen molar-refractivity contribution >= 4 is 45.1 Å². The number of fused-ring (bicyclic) bond motifs is 2. The molecule has 0 aromatic heterocycles. The van der Waals surface area contributed by atoms with Crippen LogP contribution in [0.4, 0.5) is 0 Å². The first-order chi connectivity index (χ1) is 14.9. The Morgan fingerprint density at radius 2 is 1.39 bits per heavy atom. The van der Waals surface area contributed by atoms with Crippen LogP contribution in [-0.2, 0) is 14.3 Å². The number of rotatable bonds is 9. The topological polar surface area (TPSA) is 86.7 Å². The largest absolute Gasteiger partial charge is 0.461 e. The number of ketones is 2. The minimum atomic E-state index is -0.553. The smallest absolute Gasteiger partial charge is 0.338 e. The summed E-state index contributed by atoms with van der Waals surface area (Å²) in [5.41, 5.74) is 1.81. The van der Waals surface area contributed by atoms with Gasteiger partial charge in [-0.05, 0) is 25.1 Å².